The van der Waals surface area contributed by atoms with E-state index in [9.17, 15) is 0 Å². The molecule has 1 heterocycles. The van der Waals surface area contributed by atoms with Crippen molar-refractivity contribution in [2.45, 2.75) is 51.3 Å². The third kappa shape index (κ3) is 3.95. The third-order valence-corrected chi connectivity index (χ3v) is 5.50. The van der Waals surface area contributed by atoms with Gasteiger partial charge >= 0.3 is 0 Å². The summed E-state index contributed by atoms with van der Waals surface area (Å²) < 4.78 is 0. The monoisotopic (exact) mass is 351 g/mol. The van der Waals surface area contributed by atoms with Crippen LogP contribution in [-0.2, 0) is 6.42 Å². The van der Waals surface area contributed by atoms with Gasteiger partial charge in [-0.15, -0.1) is 12.6 Å². The second-order valence-electron chi connectivity index (χ2n) is 8.07. The van der Waals surface area contributed by atoms with Crippen molar-refractivity contribution < 1.29 is 0 Å². The number of fused-ring (bicyclic) bond motifs is 1. The summed E-state index contributed by atoms with van der Waals surface area (Å²) in [6, 6.07) is 15.2. The fourth-order valence-electron chi connectivity index (χ4n) is 3.94. The smallest absolute Gasteiger partial charge is 0.0453 e. The largest absolute Gasteiger partial charge is 0.384 e. The Morgan fingerprint density at radius 3 is 2.56 bits per heavy atom. The number of hydrogen-bond acceptors (Lipinski definition) is 2. The molecule has 0 spiro atoms. The first-order valence-electron chi connectivity index (χ1n) is 9.20. The standard InChI is InChI=1S/C23H29NS/c1-5-17(13-16-9-7-6-8-10-16)19-14-18(25)15-20-21(23(2,3)4)11-12-24-22(19)20/h5-10,14-15,21,24-25H,11-13H2,1-4H3/b17-5+. The Morgan fingerprint density at radius 1 is 1.20 bits per heavy atom. The van der Waals surface area contributed by atoms with Crippen molar-refractivity contribution in [1.82, 2.24) is 0 Å². The van der Waals surface area contributed by atoms with Gasteiger partial charge in [0.1, 0.15) is 0 Å². The number of anilines is 1. The lowest BCUT2D eigenvalue weighted by atomic mass is 9.72. The molecule has 1 aliphatic rings. The lowest BCUT2D eigenvalue weighted by molar-refractivity contribution is 0.305. The topological polar surface area (TPSA) is 12.0 Å². The Kier molecular flexibility index (Phi) is 5.29. The van der Waals surface area contributed by atoms with E-state index in [1.165, 1.54) is 34.4 Å². The predicted molar refractivity (Wildman–Crippen MR) is 113 cm³/mol. The molecule has 0 aromatic heterocycles. The molecule has 0 aliphatic carbocycles. The van der Waals surface area contributed by atoms with Gasteiger partial charge in [-0.05, 0) is 59.9 Å². The van der Waals surface area contributed by atoms with Crippen LogP contribution in [0.2, 0.25) is 0 Å². The molecule has 3 rings (SSSR count). The van der Waals surface area contributed by atoms with Gasteiger partial charge in [-0.25, -0.2) is 0 Å². The summed E-state index contributed by atoms with van der Waals surface area (Å²) in [5, 5.41) is 3.69. The maximum Gasteiger partial charge on any atom is 0.0453 e. The minimum absolute atomic E-state index is 0.255. The Hall–Kier alpha value is -1.67. The van der Waals surface area contributed by atoms with Crippen molar-refractivity contribution in [3.8, 4) is 0 Å². The SMILES string of the molecule is C/C=C(\Cc1ccccc1)c1cc(S)cc2c1NCCC2C(C)(C)C. The van der Waals surface area contributed by atoms with E-state index in [0.717, 1.165) is 17.9 Å². The molecule has 132 valence electrons. The van der Waals surface area contributed by atoms with Gasteiger partial charge in [-0.3, -0.25) is 0 Å². The molecular weight excluding hydrogens is 322 g/mol. The van der Waals surface area contributed by atoms with Crippen LogP contribution >= 0.6 is 12.6 Å². The zero-order chi connectivity index (χ0) is 18.0. The van der Waals surface area contributed by atoms with E-state index in [0.29, 0.717) is 5.92 Å². The first-order valence-corrected chi connectivity index (χ1v) is 9.65. The fraction of sp³-hybridized carbons (Fsp3) is 0.391. The number of allylic oxidation sites excluding steroid dienone is 2. The normalized spacial score (nSPS) is 17.8. The highest BCUT2D eigenvalue weighted by molar-refractivity contribution is 7.80. The molecule has 25 heavy (non-hydrogen) atoms. The highest BCUT2D eigenvalue weighted by Gasteiger charge is 2.32. The zero-order valence-corrected chi connectivity index (χ0v) is 16.7. The van der Waals surface area contributed by atoms with Crippen molar-refractivity contribution >= 4 is 23.9 Å². The van der Waals surface area contributed by atoms with Gasteiger partial charge in [0.25, 0.3) is 0 Å². The fourth-order valence-corrected chi connectivity index (χ4v) is 4.21. The molecule has 2 aromatic rings. The molecule has 0 saturated heterocycles. The number of thiol groups is 1. The Morgan fingerprint density at radius 2 is 1.92 bits per heavy atom. The quantitative estimate of drug-likeness (QED) is 0.596. The van der Waals surface area contributed by atoms with Gasteiger partial charge in [-0.2, -0.15) is 0 Å². The Bertz CT molecular complexity index is 769. The van der Waals surface area contributed by atoms with Gasteiger partial charge in [0, 0.05) is 22.7 Å². The van der Waals surface area contributed by atoms with Crippen LogP contribution in [0.15, 0.2) is 53.4 Å². The molecule has 0 amide bonds. The third-order valence-electron chi connectivity index (χ3n) is 5.24. The lowest BCUT2D eigenvalue weighted by Crippen LogP contribution is -2.27. The number of rotatable bonds is 3. The van der Waals surface area contributed by atoms with Crippen LogP contribution in [0.3, 0.4) is 0 Å². The molecule has 1 unspecified atom stereocenters. The summed E-state index contributed by atoms with van der Waals surface area (Å²) in [5.41, 5.74) is 7.01. The van der Waals surface area contributed by atoms with Gasteiger partial charge in [0.2, 0.25) is 0 Å². The first-order chi connectivity index (χ1) is 11.9. The number of nitrogens with one attached hydrogen (secondary N) is 1. The molecule has 2 heteroatoms. The minimum Gasteiger partial charge on any atom is -0.384 e. The highest BCUT2D eigenvalue weighted by atomic mass is 32.1. The molecule has 0 radical (unpaired) electrons. The van der Waals surface area contributed by atoms with Gasteiger partial charge in [0.05, 0.1) is 0 Å². The van der Waals surface area contributed by atoms with Crippen LogP contribution < -0.4 is 5.32 Å². The molecule has 1 atom stereocenters. The maximum atomic E-state index is 4.73. The van der Waals surface area contributed by atoms with Crippen molar-refractivity contribution in [3.05, 3.63) is 65.2 Å². The van der Waals surface area contributed by atoms with Crippen LogP contribution in [-0.4, -0.2) is 6.54 Å². The van der Waals surface area contributed by atoms with E-state index < -0.39 is 0 Å². The average molecular weight is 352 g/mol. The summed E-state index contributed by atoms with van der Waals surface area (Å²) in [7, 11) is 0. The van der Waals surface area contributed by atoms with Crippen LogP contribution in [0.5, 0.6) is 0 Å². The molecule has 1 N–H and O–H groups in total. The van der Waals surface area contributed by atoms with E-state index in [4.69, 9.17) is 12.6 Å². The van der Waals surface area contributed by atoms with E-state index >= 15 is 0 Å². The van der Waals surface area contributed by atoms with Crippen molar-refractivity contribution in [2.75, 3.05) is 11.9 Å². The Balaban J connectivity index is 2.06. The van der Waals surface area contributed by atoms with E-state index in [-0.39, 0.29) is 5.41 Å². The highest BCUT2D eigenvalue weighted by Crippen LogP contribution is 2.46. The maximum absolute atomic E-state index is 4.73. The molecular formula is C23H29NS. The predicted octanol–water partition coefficient (Wildman–Crippen LogP) is 6.57. The molecule has 0 saturated carbocycles. The number of hydrogen-bond donors (Lipinski definition) is 2. The average Bonchev–Trinajstić information content (AvgIpc) is 2.58. The van der Waals surface area contributed by atoms with Crippen molar-refractivity contribution in [1.29, 1.82) is 0 Å². The van der Waals surface area contributed by atoms with Crippen LogP contribution in [0.4, 0.5) is 5.69 Å². The van der Waals surface area contributed by atoms with Crippen molar-refractivity contribution in [3.63, 3.8) is 0 Å². The molecule has 1 aliphatic heterocycles. The number of benzene rings is 2. The second-order valence-corrected chi connectivity index (χ2v) is 8.58. The molecule has 2 aromatic carbocycles. The van der Waals surface area contributed by atoms with E-state index in [2.05, 4.69) is 81.6 Å². The van der Waals surface area contributed by atoms with Crippen molar-refractivity contribution in [2.24, 2.45) is 5.41 Å². The molecule has 0 bridgehead atoms. The summed E-state index contributed by atoms with van der Waals surface area (Å²) in [6.07, 6.45) is 4.37. The summed E-state index contributed by atoms with van der Waals surface area (Å²) in [4.78, 5) is 1.05. The zero-order valence-electron chi connectivity index (χ0n) is 15.8. The summed E-state index contributed by atoms with van der Waals surface area (Å²) in [6.45, 7) is 10.2. The summed E-state index contributed by atoms with van der Waals surface area (Å²) in [5.74, 6) is 0.560. The minimum atomic E-state index is 0.255. The van der Waals surface area contributed by atoms with Crippen LogP contribution in [0, 0.1) is 5.41 Å². The second kappa shape index (κ2) is 7.29. The Labute approximate surface area is 158 Å². The molecule has 1 nitrogen and oxygen atoms in total. The van der Waals surface area contributed by atoms with Crippen LogP contribution in [0.25, 0.3) is 5.57 Å². The summed E-state index contributed by atoms with van der Waals surface area (Å²) >= 11 is 4.73. The van der Waals surface area contributed by atoms with E-state index in [1.54, 1.807) is 0 Å². The lowest BCUT2D eigenvalue weighted by Gasteiger charge is -2.37. The molecule has 0 fully saturated rings. The first kappa shape index (κ1) is 18.1. The van der Waals surface area contributed by atoms with Gasteiger partial charge < -0.3 is 5.32 Å². The van der Waals surface area contributed by atoms with Gasteiger partial charge in [-0.1, -0.05) is 57.2 Å². The van der Waals surface area contributed by atoms with E-state index in [1.807, 2.05) is 0 Å². The van der Waals surface area contributed by atoms with Crippen LogP contribution in [0.1, 0.15) is 56.7 Å². The van der Waals surface area contributed by atoms with Gasteiger partial charge in [0.15, 0.2) is 0 Å².